The zero-order valence-corrected chi connectivity index (χ0v) is 11.0. The molecule has 1 aromatic heterocycles. The SMILES string of the molecule is CC(NCc1cncs1)C(=O)N1CCCCC1. The fraction of sp³-hybridized carbons (Fsp3) is 0.667. The van der Waals surface area contributed by atoms with Crippen molar-refractivity contribution in [3.63, 3.8) is 0 Å². The van der Waals surface area contributed by atoms with Crippen molar-refractivity contribution in [2.45, 2.75) is 38.8 Å². The van der Waals surface area contributed by atoms with Crippen LogP contribution in [0.5, 0.6) is 0 Å². The molecule has 5 heteroatoms. The highest BCUT2D eigenvalue weighted by molar-refractivity contribution is 7.09. The minimum atomic E-state index is -0.102. The van der Waals surface area contributed by atoms with Crippen LogP contribution in [0.1, 0.15) is 31.1 Å². The number of aromatic nitrogens is 1. The van der Waals surface area contributed by atoms with Gasteiger partial charge in [0.25, 0.3) is 0 Å². The number of rotatable bonds is 4. The summed E-state index contributed by atoms with van der Waals surface area (Å²) >= 11 is 1.61. The first kappa shape index (κ1) is 12.5. The molecule has 1 fully saturated rings. The van der Waals surface area contributed by atoms with Crippen LogP contribution in [-0.4, -0.2) is 34.9 Å². The van der Waals surface area contributed by atoms with Crippen molar-refractivity contribution in [1.82, 2.24) is 15.2 Å². The molecule has 0 bridgehead atoms. The second kappa shape index (κ2) is 6.12. The quantitative estimate of drug-likeness (QED) is 0.887. The van der Waals surface area contributed by atoms with Gasteiger partial charge in [-0.1, -0.05) is 0 Å². The number of carbonyl (C=O) groups excluding carboxylic acids is 1. The summed E-state index contributed by atoms with van der Waals surface area (Å²) in [5.74, 6) is 0.231. The van der Waals surface area contributed by atoms with E-state index in [2.05, 4.69) is 10.3 Å². The smallest absolute Gasteiger partial charge is 0.239 e. The molecule has 4 nitrogen and oxygen atoms in total. The highest BCUT2D eigenvalue weighted by Crippen LogP contribution is 2.10. The average Bonchev–Trinajstić information content (AvgIpc) is 2.89. The Hall–Kier alpha value is -0.940. The van der Waals surface area contributed by atoms with E-state index in [-0.39, 0.29) is 11.9 Å². The lowest BCUT2D eigenvalue weighted by atomic mass is 10.1. The van der Waals surface area contributed by atoms with Crippen molar-refractivity contribution in [2.24, 2.45) is 0 Å². The Morgan fingerprint density at radius 2 is 2.29 bits per heavy atom. The van der Waals surface area contributed by atoms with Gasteiger partial charge >= 0.3 is 0 Å². The van der Waals surface area contributed by atoms with Crippen LogP contribution in [0.4, 0.5) is 0 Å². The van der Waals surface area contributed by atoms with E-state index in [1.54, 1.807) is 11.3 Å². The van der Waals surface area contributed by atoms with E-state index in [0.29, 0.717) is 0 Å². The van der Waals surface area contributed by atoms with Crippen LogP contribution in [0, 0.1) is 0 Å². The lowest BCUT2D eigenvalue weighted by Gasteiger charge is -2.29. The summed E-state index contributed by atoms with van der Waals surface area (Å²) < 4.78 is 0. The Morgan fingerprint density at radius 1 is 1.53 bits per heavy atom. The van der Waals surface area contributed by atoms with E-state index >= 15 is 0 Å². The highest BCUT2D eigenvalue weighted by atomic mass is 32.1. The summed E-state index contributed by atoms with van der Waals surface area (Å²) in [4.78, 5) is 19.3. The number of piperidine rings is 1. The second-order valence-corrected chi connectivity index (χ2v) is 5.43. The molecule has 94 valence electrons. The summed E-state index contributed by atoms with van der Waals surface area (Å²) in [5, 5.41) is 3.26. The maximum atomic E-state index is 12.1. The number of carbonyl (C=O) groups is 1. The monoisotopic (exact) mass is 253 g/mol. The Labute approximate surface area is 106 Å². The third-order valence-corrected chi connectivity index (χ3v) is 3.88. The molecule has 0 spiro atoms. The maximum Gasteiger partial charge on any atom is 0.239 e. The zero-order valence-electron chi connectivity index (χ0n) is 10.2. The van der Waals surface area contributed by atoms with E-state index in [1.807, 2.05) is 23.5 Å². The lowest BCUT2D eigenvalue weighted by molar-refractivity contribution is -0.133. The summed E-state index contributed by atoms with van der Waals surface area (Å²) in [5.41, 5.74) is 1.81. The van der Waals surface area contributed by atoms with Gasteiger partial charge in [0.1, 0.15) is 0 Å². The van der Waals surface area contributed by atoms with E-state index in [4.69, 9.17) is 0 Å². The largest absolute Gasteiger partial charge is 0.341 e. The van der Waals surface area contributed by atoms with Gasteiger partial charge in [-0.25, -0.2) is 0 Å². The minimum Gasteiger partial charge on any atom is -0.341 e. The first-order valence-corrected chi connectivity index (χ1v) is 7.05. The van der Waals surface area contributed by atoms with Crippen LogP contribution < -0.4 is 5.32 Å². The van der Waals surface area contributed by atoms with Gasteiger partial charge in [0, 0.05) is 30.7 Å². The van der Waals surface area contributed by atoms with Crippen molar-refractivity contribution in [3.05, 3.63) is 16.6 Å². The van der Waals surface area contributed by atoms with Crippen LogP contribution in [0.25, 0.3) is 0 Å². The second-order valence-electron chi connectivity index (χ2n) is 4.46. The van der Waals surface area contributed by atoms with Gasteiger partial charge in [-0.3, -0.25) is 9.78 Å². The lowest BCUT2D eigenvalue weighted by Crippen LogP contribution is -2.46. The summed E-state index contributed by atoms with van der Waals surface area (Å²) in [6, 6.07) is -0.102. The molecular formula is C12H19N3OS. The Bertz CT molecular complexity index is 347. The fourth-order valence-electron chi connectivity index (χ4n) is 2.06. The van der Waals surface area contributed by atoms with Crippen LogP contribution >= 0.6 is 11.3 Å². The fourth-order valence-corrected chi connectivity index (χ4v) is 2.60. The molecule has 17 heavy (non-hydrogen) atoms. The number of nitrogens with zero attached hydrogens (tertiary/aromatic N) is 2. The van der Waals surface area contributed by atoms with Gasteiger partial charge in [-0.2, -0.15) is 0 Å². The molecule has 1 N–H and O–H groups in total. The molecule has 1 aliphatic heterocycles. The maximum absolute atomic E-state index is 12.1. The van der Waals surface area contributed by atoms with Crippen LogP contribution in [0.3, 0.4) is 0 Å². The summed E-state index contributed by atoms with van der Waals surface area (Å²) in [6.45, 7) is 4.51. The molecule has 0 aromatic carbocycles. The number of nitrogens with one attached hydrogen (secondary N) is 1. The molecule has 1 saturated heterocycles. The van der Waals surface area contributed by atoms with Crippen molar-refractivity contribution >= 4 is 17.2 Å². The normalized spacial score (nSPS) is 18.1. The molecule has 1 amide bonds. The topological polar surface area (TPSA) is 45.2 Å². The number of thiazole rings is 1. The number of amides is 1. The average molecular weight is 253 g/mol. The van der Waals surface area contributed by atoms with Crippen LogP contribution in [0.2, 0.25) is 0 Å². The third-order valence-electron chi connectivity index (χ3n) is 3.10. The first-order valence-electron chi connectivity index (χ1n) is 6.17. The van der Waals surface area contributed by atoms with Gasteiger partial charge in [0.2, 0.25) is 5.91 Å². The van der Waals surface area contributed by atoms with Crippen LogP contribution in [0.15, 0.2) is 11.7 Å². The predicted molar refractivity (Wildman–Crippen MR) is 68.8 cm³/mol. The minimum absolute atomic E-state index is 0.102. The van der Waals surface area contributed by atoms with Crippen LogP contribution in [-0.2, 0) is 11.3 Å². The van der Waals surface area contributed by atoms with E-state index in [1.165, 1.54) is 11.3 Å². The van der Waals surface area contributed by atoms with E-state index in [9.17, 15) is 4.79 Å². The van der Waals surface area contributed by atoms with Gasteiger partial charge in [-0.15, -0.1) is 11.3 Å². The van der Waals surface area contributed by atoms with E-state index < -0.39 is 0 Å². The standard InChI is InChI=1S/C12H19N3OS/c1-10(14-8-11-7-13-9-17-11)12(16)15-5-3-2-4-6-15/h7,9-10,14H,2-6,8H2,1H3. The van der Waals surface area contributed by atoms with Gasteiger partial charge < -0.3 is 10.2 Å². The van der Waals surface area contributed by atoms with Crippen molar-refractivity contribution in [2.75, 3.05) is 13.1 Å². The number of hydrogen-bond acceptors (Lipinski definition) is 4. The molecule has 2 rings (SSSR count). The van der Waals surface area contributed by atoms with Crippen molar-refractivity contribution < 1.29 is 4.79 Å². The molecule has 1 atom stereocenters. The third kappa shape index (κ3) is 3.51. The summed E-state index contributed by atoms with van der Waals surface area (Å²) in [6.07, 6.45) is 5.39. The van der Waals surface area contributed by atoms with Crippen molar-refractivity contribution in [3.8, 4) is 0 Å². The van der Waals surface area contributed by atoms with Gasteiger partial charge in [0.05, 0.1) is 11.6 Å². The van der Waals surface area contributed by atoms with Gasteiger partial charge in [-0.05, 0) is 26.2 Å². The van der Waals surface area contributed by atoms with Crippen molar-refractivity contribution in [1.29, 1.82) is 0 Å². The highest BCUT2D eigenvalue weighted by Gasteiger charge is 2.21. The number of likely N-dealkylation sites (tertiary alicyclic amines) is 1. The molecule has 1 aliphatic rings. The molecule has 0 saturated carbocycles. The number of hydrogen-bond donors (Lipinski definition) is 1. The Morgan fingerprint density at radius 3 is 2.94 bits per heavy atom. The summed E-state index contributed by atoms with van der Waals surface area (Å²) in [7, 11) is 0. The molecule has 1 unspecified atom stereocenters. The Balaban J connectivity index is 1.78. The predicted octanol–water partition coefficient (Wildman–Crippen LogP) is 1.63. The molecule has 0 aliphatic carbocycles. The zero-order chi connectivity index (χ0) is 12.1. The molecule has 2 heterocycles. The van der Waals surface area contributed by atoms with E-state index in [0.717, 1.165) is 32.5 Å². The van der Waals surface area contributed by atoms with Gasteiger partial charge in [0.15, 0.2) is 0 Å². The molecule has 1 aromatic rings. The Kier molecular flexibility index (Phi) is 4.50. The first-order chi connectivity index (χ1) is 8.27. The molecular weight excluding hydrogens is 234 g/mol. The molecule has 0 radical (unpaired) electrons.